The SMILES string of the molecule is c1ccc2c(c1)-c1ccc(N(c3ccc4c5ccccc5c5ccccc5c4c3)c3cc4c(cc3-c3cccc5ccccc35)-c3ccccc3C43c4ccccc4-c4ccccc43)cc1C21CCCCC1. The number of benzene rings is 12. The van der Waals surface area contributed by atoms with E-state index < -0.39 is 5.41 Å². The molecule has 16 rings (SSSR count). The Labute approximate surface area is 420 Å². The number of hydrogen-bond acceptors (Lipinski definition) is 1. The zero-order chi connectivity index (χ0) is 47.1. The summed E-state index contributed by atoms with van der Waals surface area (Å²) in [5.41, 5.74) is 21.9. The van der Waals surface area contributed by atoms with Gasteiger partial charge in [-0.3, -0.25) is 0 Å². The van der Waals surface area contributed by atoms with E-state index in [0.29, 0.717) is 0 Å². The van der Waals surface area contributed by atoms with Crippen LogP contribution in [0.3, 0.4) is 0 Å². The Morgan fingerprint density at radius 2 is 0.722 bits per heavy atom. The van der Waals surface area contributed by atoms with E-state index in [-0.39, 0.29) is 5.41 Å². The van der Waals surface area contributed by atoms with Gasteiger partial charge < -0.3 is 4.90 Å². The van der Waals surface area contributed by atoms with Crippen molar-refractivity contribution in [1.82, 2.24) is 0 Å². The molecule has 12 aromatic carbocycles. The van der Waals surface area contributed by atoms with Gasteiger partial charge in [0.2, 0.25) is 0 Å². The van der Waals surface area contributed by atoms with Gasteiger partial charge in [-0.25, -0.2) is 0 Å². The second kappa shape index (κ2) is 15.0. The first kappa shape index (κ1) is 40.2. The summed E-state index contributed by atoms with van der Waals surface area (Å²) in [7, 11) is 0. The fourth-order valence-electron chi connectivity index (χ4n) is 14.7. The zero-order valence-corrected chi connectivity index (χ0v) is 40.0. The molecule has 1 nitrogen and oxygen atoms in total. The second-order valence-corrected chi connectivity index (χ2v) is 20.9. The van der Waals surface area contributed by atoms with Gasteiger partial charge in [0.15, 0.2) is 0 Å². The lowest BCUT2D eigenvalue weighted by Crippen LogP contribution is -2.28. The first-order valence-corrected chi connectivity index (χ1v) is 26.0. The molecule has 0 aliphatic heterocycles. The van der Waals surface area contributed by atoms with Crippen LogP contribution in [0, 0.1) is 0 Å². The Hall–Kier alpha value is -8.52. The minimum absolute atomic E-state index is 0.0102. The van der Waals surface area contributed by atoms with Crippen LogP contribution in [-0.2, 0) is 10.8 Å². The summed E-state index contributed by atoms with van der Waals surface area (Å²) in [6.07, 6.45) is 6.14. The Balaban J connectivity index is 1.06. The summed E-state index contributed by atoms with van der Waals surface area (Å²) < 4.78 is 0. The highest BCUT2D eigenvalue weighted by molar-refractivity contribution is 6.26. The van der Waals surface area contributed by atoms with Crippen LogP contribution in [-0.4, -0.2) is 0 Å². The number of fused-ring (bicyclic) bond motifs is 22. The van der Waals surface area contributed by atoms with Crippen LogP contribution >= 0.6 is 0 Å². The highest BCUT2D eigenvalue weighted by atomic mass is 15.1. The molecule has 4 aliphatic rings. The lowest BCUT2D eigenvalue weighted by atomic mass is 9.68. The highest BCUT2D eigenvalue weighted by Crippen LogP contribution is 2.65. The van der Waals surface area contributed by atoms with Crippen LogP contribution in [0.25, 0.3) is 87.6 Å². The van der Waals surface area contributed by atoms with Gasteiger partial charge in [0.1, 0.15) is 0 Å². The lowest BCUT2D eigenvalue weighted by Gasteiger charge is -2.37. The molecule has 0 bridgehead atoms. The summed E-state index contributed by atoms with van der Waals surface area (Å²) >= 11 is 0. The van der Waals surface area contributed by atoms with Crippen molar-refractivity contribution < 1.29 is 0 Å². The van der Waals surface area contributed by atoms with Crippen LogP contribution in [0.1, 0.15) is 65.5 Å². The van der Waals surface area contributed by atoms with Gasteiger partial charge in [0.25, 0.3) is 0 Å². The van der Waals surface area contributed by atoms with Crippen molar-refractivity contribution in [3.63, 3.8) is 0 Å². The topological polar surface area (TPSA) is 3.24 Å². The molecule has 0 aromatic heterocycles. The molecular weight excluding hydrogens is 867 g/mol. The maximum Gasteiger partial charge on any atom is 0.0726 e. The predicted octanol–water partition coefficient (Wildman–Crippen LogP) is 19.0. The Morgan fingerprint density at radius 3 is 1.38 bits per heavy atom. The smallest absolute Gasteiger partial charge is 0.0726 e. The minimum atomic E-state index is -0.513. The summed E-state index contributed by atoms with van der Waals surface area (Å²) in [6, 6.07) is 90.9. The number of hydrogen-bond donors (Lipinski definition) is 0. The molecule has 1 saturated carbocycles. The van der Waals surface area contributed by atoms with Crippen molar-refractivity contribution in [3.05, 3.63) is 270 Å². The normalized spacial score (nSPS) is 15.2. The van der Waals surface area contributed by atoms with Crippen LogP contribution in [0.5, 0.6) is 0 Å². The Morgan fingerprint density at radius 1 is 0.264 bits per heavy atom. The molecule has 0 heterocycles. The van der Waals surface area contributed by atoms with Crippen molar-refractivity contribution in [3.8, 4) is 44.5 Å². The largest absolute Gasteiger partial charge is 0.310 e. The van der Waals surface area contributed by atoms with Crippen molar-refractivity contribution in [2.75, 3.05) is 4.90 Å². The van der Waals surface area contributed by atoms with E-state index in [0.717, 1.165) is 5.69 Å². The van der Waals surface area contributed by atoms with Gasteiger partial charge in [-0.15, -0.1) is 0 Å². The zero-order valence-electron chi connectivity index (χ0n) is 40.0. The molecule has 1 heteroatoms. The standard InChI is InChI=1S/C71H49N/c1-16-39-70(40-17-1)63-31-12-8-26-55(63)59-38-36-47(42-67(59)70)72(46-35-37-54-52-24-5-4-22-50(52)51-23-6-7-25-53(51)60(54)41-46)69-44-68-61(43-62(69)49-30-18-20-45-19-2-3-21-48(45)49)58-29-11-15-34-66(58)71(68)64-32-13-9-27-56(64)57-28-10-14-33-65(57)71/h2-15,18-38,41-44H,1,16-17,39-40H2. The van der Waals surface area contributed by atoms with Crippen molar-refractivity contribution in [2.24, 2.45) is 0 Å². The fraction of sp³-hybridized carbons (Fsp3) is 0.0986. The first-order valence-electron chi connectivity index (χ1n) is 26.0. The number of nitrogens with zero attached hydrogens (tertiary/aromatic N) is 1. The molecule has 338 valence electrons. The summed E-state index contributed by atoms with van der Waals surface area (Å²) in [4.78, 5) is 2.66. The average molecular weight is 916 g/mol. The van der Waals surface area contributed by atoms with Gasteiger partial charge >= 0.3 is 0 Å². The molecule has 72 heavy (non-hydrogen) atoms. The van der Waals surface area contributed by atoms with E-state index in [1.165, 1.54) is 164 Å². The third kappa shape index (κ3) is 5.27. The monoisotopic (exact) mass is 915 g/mol. The van der Waals surface area contributed by atoms with E-state index in [9.17, 15) is 0 Å². The fourth-order valence-corrected chi connectivity index (χ4v) is 14.7. The molecule has 4 aliphatic carbocycles. The summed E-state index contributed by atoms with van der Waals surface area (Å²) in [5, 5.41) is 10.2. The van der Waals surface area contributed by atoms with E-state index in [2.05, 4.69) is 241 Å². The predicted molar refractivity (Wildman–Crippen MR) is 302 cm³/mol. The maximum atomic E-state index is 2.66. The Kier molecular flexibility index (Phi) is 8.38. The van der Waals surface area contributed by atoms with Crippen molar-refractivity contribution in [1.29, 1.82) is 0 Å². The van der Waals surface area contributed by atoms with Crippen LogP contribution in [0.2, 0.25) is 0 Å². The molecule has 0 amide bonds. The molecular formula is C71H49N. The van der Waals surface area contributed by atoms with Gasteiger partial charge in [0, 0.05) is 22.4 Å². The van der Waals surface area contributed by atoms with Crippen LogP contribution in [0.4, 0.5) is 17.1 Å². The first-order chi connectivity index (χ1) is 35.7. The van der Waals surface area contributed by atoms with Crippen LogP contribution < -0.4 is 4.90 Å². The third-order valence-corrected chi connectivity index (χ3v) is 17.6. The third-order valence-electron chi connectivity index (χ3n) is 17.6. The molecule has 12 aromatic rings. The van der Waals surface area contributed by atoms with Gasteiger partial charge in [-0.05, 0) is 165 Å². The van der Waals surface area contributed by atoms with Crippen molar-refractivity contribution in [2.45, 2.75) is 42.9 Å². The van der Waals surface area contributed by atoms with Crippen LogP contribution in [0.15, 0.2) is 237 Å². The maximum absolute atomic E-state index is 2.66. The van der Waals surface area contributed by atoms with Gasteiger partial charge in [-0.1, -0.05) is 219 Å². The Bertz CT molecular complexity index is 4190. The molecule has 2 spiro atoms. The quantitative estimate of drug-likeness (QED) is 0.159. The second-order valence-electron chi connectivity index (χ2n) is 20.9. The number of anilines is 3. The van der Waals surface area contributed by atoms with E-state index in [1.807, 2.05) is 0 Å². The van der Waals surface area contributed by atoms with Crippen molar-refractivity contribution >= 4 is 60.2 Å². The number of rotatable bonds is 4. The van der Waals surface area contributed by atoms with E-state index in [1.54, 1.807) is 0 Å². The van der Waals surface area contributed by atoms with Gasteiger partial charge in [0.05, 0.1) is 11.1 Å². The van der Waals surface area contributed by atoms with Gasteiger partial charge in [-0.2, -0.15) is 0 Å². The summed E-state index contributed by atoms with van der Waals surface area (Å²) in [5.74, 6) is 0. The minimum Gasteiger partial charge on any atom is -0.310 e. The lowest BCUT2D eigenvalue weighted by molar-refractivity contribution is 0.353. The molecule has 1 fully saturated rings. The molecule has 0 atom stereocenters. The molecule has 0 saturated heterocycles. The molecule has 0 unspecified atom stereocenters. The molecule has 0 radical (unpaired) electrons. The average Bonchev–Trinajstić information content (AvgIpc) is 4.02. The molecule has 0 N–H and O–H groups in total. The van der Waals surface area contributed by atoms with E-state index >= 15 is 0 Å². The highest BCUT2D eigenvalue weighted by Gasteiger charge is 2.52. The summed E-state index contributed by atoms with van der Waals surface area (Å²) in [6.45, 7) is 0. The van der Waals surface area contributed by atoms with E-state index in [4.69, 9.17) is 0 Å².